The molecular weight excluding hydrogens is 312 g/mol. The van der Waals surface area contributed by atoms with Crippen LogP contribution >= 0.6 is 22.9 Å². The van der Waals surface area contributed by atoms with Gasteiger partial charge in [-0.15, -0.1) is 0 Å². The number of thiophene rings is 1. The number of pyridine rings is 1. The molecule has 1 N–H and O–H groups in total. The van der Waals surface area contributed by atoms with Gasteiger partial charge in [0.2, 0.25) is 0 Å². The van der Waals surface area contributed by atoms with E-state index in [4.69, 9.17) is 16.3 Å². The number of hydrogen-bond donors (Lipinski definition) is 1. The summed E-state index contributed by atoms with van der Waals surface area (Å²) >= 11 is 7.21. The number of anilines is 1. The normalized spacial score (nSPS) is 11.7. The van der Waals surface area contributed by atoms with Crippen molar-refractivity contribution in [1.82, 2.24) is 4.98 Å². The fourth-order valence-corrected chi connectivity index (χ4v) is 2.31. The molecule has 1 atom stereocenters. The topological polar surface area (TPSA) is 68.3 Å². The molecule has 7 heteroatoms. The van der Waals surface area contributed by atoms with Crippen molar-refractivity contribution in [3.63, 3.8) is 0 Å². The number of rotatable bonds is 5. The first-order valence-electron chi connectivity index (χ1n) is 6.17. The van der Waals surface area contributed by atoms with Gasteiger partial charge in [-0.2, -0.15) is 11.3 Å². The molecule has 0 saturated heterocycles. The summed E-state index contributed by atoms with van der Waals surface area (Å²) < 4.78 is 5.08. The van der Waals surface area contributed by atoms with Crippen LogP contribution in [0.4, 0.5) is 5.82 Å². The number of ether oxygens (including phenoxy) is 1. The van der Waals surface area contributed by atoms with Crippen LogP contribution in [0, 0.1) is 0 Å². The van der Waals surface area contributed by atoms with Gasteiger partial charge in [-0.1, -0.05) is 11.6 Å². The third-order valence-corrected chi connectivity index (χ3v) is 3.54. The molecule has 0 fully saturated rings. The summed E-state index contributed by atoms with van der Waals surface area (Å²) in [7, 11) is 0. The quantitative estimate of drug-likeness (QED) is 0.859. The Kier molecular flexibility index (Phi) is 5.30. The van der Waals surface area contributed by atoms with E-state index in [0.717, 1.165) is 5.56 Å². The molecule has 2 aromatic rings. The Morgan fingerprint density at radius 1 is 1.43 bits per heavy atom. The lowest BCUT2D eigenvalue weighted by molar-refractivity contribution is -0.152. The Morgan fingerprint density at radius 2 is 2.24 bits per heavy atom. The van der Waals surface area contributed by atoms with Crippen LogP contribution in [-0.2, 0) is 20.7 Å². The van der Waals surface area contributed by atoms with Crippen LogP contribution in [0.15, 0.2) is 35.2 Å². The summed E-state index contributed by atoms with van der Waals surface area (Å²) in [4.78, 5) is 27.5. The molecule has 1 amide bonds. The van der Waals surface area contributed by atoms with Crippen molar-refractivity contribution >= 4 is 40.6 Å². The number of carbonyl (C=O) groups excluding carboxylic acids is 2. The second kappa shape index (κ2) is 7.19. The van der Waals surface area contributed by atoms with Gasteiger partial charge in [0.15, 0.2) is 6.10 Å². The molecule has 0 unspecified atom stereocenters. The summed E-state index contributed by atoms with van der Waals surface area (Å²) in [5, 5.41) is 6.77. The summed E-state index contributed by atoms with van der Waals surface area (Å²) in [6.07, 6.45) is 0.679. The van der Waals surface area contributed by atoms with Gasteiger partial charge in [0.1, 0.15) is 5.82 Å². The van der Waals surface area contributed by atoms with E-state index < -0.39 is 18.0 Å². The zero-order valence-corrected chi connectivity index (χ0v) is 12.8. The smallest absolute Gasteiger partial charge is 0.311 e. The maximum absolute atomic E-state index is 11.9. The number of halogens is 1. The molecule has 0 saturated carbocycles. The van der Waals surface area contributed by atoms with Gasteiger partial charge in [-0.3, -0.25) is 9.59 Å². The van der Waals surface area contributed by atoms with E-state index in [2.05, 4.69) is 10.3 Å². The predicted molar refractivity (Wildman–Crippen MR) is 81.5 cm³/mol. The summed E-state index contributed by atoms with van der Waals surface area (Å²) in [5.41, 5.74) is 0.872. The van der Waals surface area contributed by atoms with Crippen LogP contribution in [-0.4, -0.2) is 23.0 Å². The molecule has 5 nitrogen and oxygen atoms in total. The molecule has 0 radical (unpaired) electrons. The van der Waals surface area contributed by atoms with Crippen molar-refractivity contribution in [2.24, 2.45) is 0 Å². The number of carbonyl (C=O) groups is 2. The van der Waals surface area contributed by atoms with E-state index in [0.29, 0.717) is 10.8 Å². The molecule has 0 spiro atoms. The standard InChI is InChI=1S/C14H13ClN2O3S/c1-9(20-13(18)6-10-4-5-21-8-10)14(19)17-12-3-2-11(15)7-16-12/h2-5,7-9H,6H2,1H3,(H,16,17,19)/t9-/m1/s1. The molecule has 2 aromatic heterocycles. The number of esters is 1. The van der Waals surface area contributed by atoms with Gasteiger partial charge in [0, 0.05) is 6.20 Å². The van der Waals surface area contributed by atoms with E-state index in [1.54, 1.807) is 12.1 Å². The molecule has 0 aliphatic carbocycles. The van der Waals surface area contributed by atoms with Crippen LogP contribution in [0.2, 0.25) is 5.02 Å². The van der Waals surface area contributed by atoms with Crippen molar-refractivity contribution in [2.75, 3.05) is 5.32 Å². The lowest BCUT2D eigenvalue weighted by Gasteiger charge is -2.12. The Balaban J connectivity index is 1.84. The molecule has 0 aliphatic rings. The number of amides is 1. The fraction of sp³-hybridized carbons (Fsp3) is 0.214. The molecule has 2 rings (SSSR count). The lowest BCUT2D eigenvalue weighted by Crippen LogP contribution is -2.30. The fourth-order valence-electron chi connectivity index (χ4n) is 1.53. The van der Waals surface area contributed by atoms with Crippen molar-refractivity contribution in [2.45, 2.75) is 19.4 Å². The highest BCUT2D eigenvalue weighted by molar-refractivity contribution is 7.07. The van der Waals surface area contributed by atoms with Crippen LogP contribution in [0.1, 0.15) is 12.5 Å². The van der Waals surface area contributed by atoms with Crippen LogP contribution in [0.3, 0.4) is 0 Å². The predicted octanol–water partition coefficient (Wildman–Crippen LogP) is 2.91. The molecule has 0 aromatic carbocycles. The summed E-state index contributed by atoms with van der Waals surface area (Å²) in [5.74, 6) is -0.534. The summed E-state index contributed by atoms with van der Waals surface area (Å²) in [6, 6.07) is 5.02. The highest BCUT2D eigenvalue weighted by Gasteiger charge is 2.18. The zero-order chi connectivity index (χ0) is 15.2. The van der Waals surface area contributed by atoms with E-state index in [9.17, 15) is 9.59 Å². The third kappa shape index (κ3) is 4.84. The first-order valence-corrected chi connectivity index (χ1v) is 7.49. The Morgan fingerprint density at radius 3 is 2.86 bits per heavy atom. The van der Waals surface area contributed by atoms with Gasteiger partial charge in [-0.25, -0.2) is 4.98 Å². The molecule has 2 heterocycles. The minimum absolute atomic E-state index is 0.153. The van der Waals surface area contributed by atoms with Gasteiger partial charge in [0.05, 0.1) is 11.4 Å². The van der Waals surface area contributed by atoms with Crippen molar-refractivity contribution in [1.29, 1.82) is 0 Å². The van der Waals surface area contributed by atoms with Crippen molar-refractivity contribution in [3.05, 3.63) is 45.7 Å². The molecular formula is C14H13ClN2O3S. The maximum atomic E-state index is 11.9. The Hall–Kier alpha value is -1.92. The molecule has 21 heavy (non-hydrogen) atoms. The van der Waals surface area contributed by atoms with E-state index >= 15 is 0 Å². The maximum Gasteiger partial charge on any atom is 0.311 e. The summed E-state index contributed by atoms with van der Waals surface area (Å²) in [6.45, 7) is 1.51. The number of nitrogens with zero attached hydrogens (tertiary/aromatic N) is 1. The second-order valence-corrected chi connectivity index (χ2v) is 5.51. The Bertz CT molecular complexity index is 614. The highest BCUT2D eigenvalue weighted by atomic mass is 35.5. The van der Waals surface area contributed by atoms with Crippen molar-refractivity contribution < 1.29 is 14.3 Å². The highest BCUT2D eigenvalue weighted by Crippen LogP contribution is 2.11. The minimum Gasteiger partial charge on any atom is -0.452 e. The largest absolute Gasteiger partial charge is 0.452 e. The second-order valence-electron chi connectivity index (χ2n) is 4.29. The lowest BCUT2D eigenvalue weighted by atomic mass is 10.2. The molecule has 110 valence electrons. The van der Waals surface area contributed by atoms with Crippen LogP contribution in [0.5, 0.6) is 0 Å². The van der Waals surface area contributed by atoms with E-state index in [-0.39, 0.29) is 6.42 Å². The first kappa shape index (κ1) is 15.5. The van der Waals surface area contributed by atoms with Gasteiger partial charge >= 0.3 is 5.97 Å². The number of aromatic nitrogens is 1. The van der Waals surface area contributed by atoms with Gasteiger partial charge in [-0.05, 0) is 41.4 Å². The average molecular weight is 325 g/mol. The van der Waals surface area contributed by atoms with Gasteiger partial charge in [0.25, 0.3) is 5.91 Å². The Labute approximate surface area is 130 Å². The zero-order valence-electron chi connectivity index (χ0n) is 11.2. The molecule has 0 aliphatic heterocycles. The van der Waals surface area contributed by atoms with Crippen molar-refractivity contribution in [3.8, 4) is 0 Å². The number of nitrogens with one attached hydrogen (secondary N) is 1. The van der Waals surface area contributed by atoms with E-state index in [1.807, 2.05) is 16.8 Å². The van der Waals surface area contributed by atoms with Gasteiger partial charge < -0.3 is 10.1 Å². The van der Waals surface area contributed by atoms with E-state index in [1.165, 1.54) is 24.5 Å². The minimum atomic E-state index is -0.895. The monoisotopic (exact) mass is 324 g/mol. The van der Waals surface area contributed by atoms with Crippen LogP contribution < -0.4 is 5.32 Å². The molecule has 0 bridgehead atoms. The SMILES string of the molecule is C[C@@H](OC(=O)Cc1ccsc1)C(=O)Nc1ccc(Cl)cn1. The third-order valence-electron chi connectivity index (χ3n) is 2.58. The average Bonchev–Trinajstić information content (AvgIpc) is 2.94. The van der Waals surface area contributed by atoms with Crippen LogP contribution in [0.25, 0.3) is 0 Å². The number of hydrogen-bond acceptors (Lipinski definition) is 5. The first-order chi connectivity index (χ1) is 10.0.